The van der Waals surface area contributed by atoms with Crippen LogP contribution in [0, 0.1) is 5.41 Å². The number of piperidine rings is 1. The molecular weight excluding hydrogens is 212 g/mol. The van der Waals surface area contributed by atoms with E-state index in [1.165, 1.54) is 25.7 Å². The molecule has 1 saturated heterocycles. The maximum absolute atomic E-state index is 12.7. The zero-order chi connectivity index (χ0) is 12.3. The van der Waals surface area contributed by atoms with Crippen molar-refractivity contribution in [3.63, 3.8) is 0 Å². The summed E-state index contributed by atoms with van der Waals surface area (Å²) in [5.41, 5.74) is -0.156. The summed E-state index contributed by atoms with van der Waals surface area (Å²) in [7, 11) is 0. The lowest BCUT2D eigenvalue weighted by Gasteiger charge is -2.39. The number of hydrogen-bond donors (Lipinski definition) is 1. The van der Waals surface area contributed by atoms with Crippen LogP contribution in [0.2, 0.25) is 0 Å². The molecule has 2 rings (SSSR count). The van der Waals surface area contributed by atoms with E-state index >= 15 is 0 Å². The SMILES string of the molecule is CCN(C(=O)C1(C)CCCNC1)C1CCCC1. The van der Waals surface area contributed by atoms with Gasteiger partial charge < -0.3 is 10.2 Å². The van der Waals surface area contributed by atoms with Crippen LogP contribution in [-0.4, -0.2) is 36.5 Å². The minimum absolute atomic E-state index is 0.156. The van der Waals surface area contributed by atoms with Crippen molar-refractivity contribution in [1.82, 2.24) is 10.2 Å². The Morgan fingerprint density at radius 2 is 2.06 bits per heavy atom. The van der Waals surface area contributed by atoms with Crippen molar-refractivity contribution in [2.45, 2.75) is 58.4 Å². The number of hydrogen-bond acceptors (Lipinski definition) is 2. The van der Waals surface area contributed by atoms with Crippen molar-refractivity contribution < 1.29 is 4.79 Å². The molecule has 0 aromatic rings. The molecule has 3 nitrogen and oxygen atoms in total. The number of nitrogens with zero attached hydrogens (tertiary/aromatic N) is 1. The lowest BCUT2D eigenvalue weighted by atomic mass is 9.81. The van der Waals surface area contributed by atoms with Gasteiger partial charge in [-0.05, 0) is 46.1 Å². The van der Waals surface area contributed by atoms with Crippen LogP contribution in [0.3, 0.4) is 0 Å². The first-order valence-corrected chi connectivity index (χ1v) is 7.19. The van der Waals surface area contributed by atoms with Crippen molar-refractivity contribution >= 4 is 5.91 Å². The van der Waals surface area contributed by atoms with Crippen LogP contribution in [-0.2, 0) is 4.79 Å². The van der Waals surface area contributed by atoms with Crippen LogP contribution < -0.4 is 5.32 Å². The molecule has 1 heterocycles. The predicted octanol–water partition coefficient (Wildman–Crippen LogP) is 2.17. The third-order valence-electron chi connectivity index (χ3n) is 4.48. The minimum atomic E-state index is -0.156. The lowest BCUT2D eigenvalue weighted by Crippen LogP contribution is -2.52. The zero-order valence-electron chi connectivity index (χ0n) is 11.3. The molecule has 1 aliphatic heterocycles. The van der Waals surface area contributed by atoms with Gasteiger partial charge in [0.25, 0.3) is 0 Å². The standard InChI is InChI=1S/C14H26N2O/c1-3-16(12-7-4-5-8-12)13(17)14(2)9-6-10-15-11-14/h12,15H,3-11H2,1-2H3. The fourth-order valence-electron chi connectivity index (χ4n) is 3.37. The van der Waals surface area contributed by atoms with E-state index in [0.29, 0.717) is 11.9 Å². The number of carbonyl (C=O) groups is 1. The average molecular weight is 238 g/mol. The highest BCUT2D eigenvalue weighted by Gasteiger charge is 2.39. The summed E-state index contributed by atoms with van der Waals surface area (Å²) in [5, 5.41) is 3.38. The molecule has 1 aliphatic carbocycles. The van der Waals surface area contributed by atoms with E-state index in [1.54, 1.807) is 0 Å². The van der Waals surface area contributed by atoms with E-state index in [0.717, 1.165) is 32.5 Å². The third kappa shape index (κ3) is 2.65. The Balaban J connectivity index is 2.04. The van der Waals surface area contributed by atoms with Crippen molar-refractivity contribution in [3.05, 3.63) is 0 Å². The van der Waals surface area contributed by atoms with Crippen LogP contribution in [0.4, 0.5) is 0 Å². The molecule has 3 heteroatoms. The van der Waals surface area contributed by atoms with Gasteiger partial charge in [0.1, 0.15) is 0 Å². The fraction of sp³-hybridized carbons (Fsp3) is 0.929. The molecular formula is C14H26N2O. The molecule has 0 spiro atoms. The normalized spacial score (nSPS) is 30.5. The smallest absolute Gasteiger partial charge is 0.230 e. The van der Waals surface area contributed by atoms with Crippen LogP contribution in [0.25, 0.3) is 0 Å². The summed E-state index contributed by atoms with van der Waals surface area (Å²) in [4.78, 5) is 14.9. The Kier molecular flexibility index (Phi) is 4.08. The van der Waals surface area contributed by atoms with E-state index in [9.17, 15) is 4.79 Å². The van der Waals surface area contributed by atoms with Crippen LogP contribution in [0.1, 0.15) is 52.4 Å². The number of rotatable bonds is 3. The summed E-state index contributed by atoms with van der Waals surface area (Å²) in [6.07, 6.45) is 7.19. The second-order valence-electron chi connectivity index (χ2n) is 5.87. The number of amides is 1. The monoisotopic (exact) mass is 238 g/mol. The van der Waals surface area contributed by atoms with Gasteiger partial charge in [0.05, 0.1) is 5.41 Å². The largest absolute Gasteiger partial charge is 0.339 e. The molecule has 0 radical (unpaired) electrons. The molecule has 1 unspecified atom stereocenters. The van der Waals surface area contributed by atoms with Crippen LogP contribution in [0.15, 0.2) is 0 Å². The van der Waals surface area contributed by atoms with Crippen molar-refractivity contribution in [2.24, 2.45) is 5.41 Å². The van der Waals surface area contributed by atoms with Crippen molar-refractivity contribution in [2.75, 3.05) is 19.6 Å². The lowest BCUT2D eigenvalue weighted by molar-refractivity contribution is -0.144. The second-order valence-corrected chi connectivity index (χ2v) is 5.87. The summed E-state index contributed by atoms with van der Waals surface area (Å²) in [6, 6.07) is 0.520. The summed E-state index contributed by atoms with van der Waals surface area (Å²) < 4.78 is 0. The van der Waals surface area contributed by atoms with Crippen LogP contribution in [0.5, 0.6) is 0 Å². The fourth-order valence-corrected chi connectivity index (χ4v) is 3.37. The van der Waals surface area contributed by atoms with Crippen molar-refractivity contribution in [1.29, 1.82) is 0 Å². The summed E-state index contributed by atoms with van der Waals surface area (Å²) in [5.74, 6) is 0.388. The third-order valence-corrected chi connectivity index (χ3v) is 4.48. The first-order valence-electron chi connectivity index (χ1n) is 7.19. The van der Waals surface area contributed by atoms with Gasteiger partial charge in [-0.15, -0.1) is 0 Å². The maximum Gasteiger partial charge on any atom is 0.230 e. The second kappa shape index (κ2) is 5.38. The maximum atomic E-state index is 12.7. The topological polar surface area (TPSA) is 32.3 Å². The number of carbonyl (C=O) groups excluding carboxylic acids is 1. The van der Waals surface area contributed by atoms with Gasteiger partial charge in [-0.1, -0.05) is 12.8 Å². The summed E-state index contributed by atoms with van der Waals surface area (Å²) in [6.45, 7) is 7.06. The molecule has 1 amide bonds. The van der Waals surface area contributed by atoms with Gasteiger partial charge in [-0.3, -0.25) is 4.79 Å². The molecule has 2 aliphatic rings. The Labute approximate surface area is 105 Å². The highest BCUT2D eigenvalue weighted by molar-refractivity contribution is 5.83. The quantitative estimate of drug-likeness (QED) is 0.817. The van der Waals surface area contributed by atoms with E-state index in [1.807, 2.05) is 0 Å². The van der Waals surface area contributed by atoms with E-state index in [2.05, 4.69) is 24.1 Å². The highest BCUT2D eigenvalue weighted by atomic mass is 16.2. The van der Waals surface area contributed by atoms with Gasteiger partial charge in [-0.25, -0.2) is 0 Å². The van der Waals surface area contributed by atoms with Gasteiger partial charge >= 0.3 is 0 Å². The Bertz CT molecular complexity index is 265. The Hall–Kier alpha value is -0.570. The van der Waals surface area contributed by atoms with Crippen LogP contribution >= 0.6 is 0 Å². The van der Waals surface area contributed by atoms with Crippen molar-refractivity contribution in [3.8, 4) is 0 Å². The predicted molar refractivity (Wildman–Crippen MR) is 69.9 cm³/mol. The molecule has 2 fully saturated rings. The molecule has 98 valence electrons. The highest BCUT2D eigenvalue weighted by Crippen LogP contribution is 2.32. The zero-order valence-corrected chi connectivity index (χ0v) is 11.3. The van der Waals surface area contributed by atoms with Gasteiger partial charge in [0, 0.05) is 19.1 Å². The minimum Gasteiger partial charge on any atom is -0.339 e. The van der Waals surface area contributed by atoms with Gasteiger partial charge in [0.2, 0.25) is 5.91 Å². The average Bonchev–Trinajstić information content (AvgIpc) is 2.84. The van der Waals surface area contributed by atoms with Gasteiger partial charge in [0.15, 0.2) is 0 Å². The van der Waals surface area contributed by atoms with E-state index in [4.69, 9.17) is 0 Å². The van der Waals surface area contributed by atoms with E-state index < -0.39 is 0 Å². The first-order chi connectivity index (χ1) is 8.17. The first kappa shape index (κ1) is 12.9. The van der Waals surface area contributed by atoms with Gasteiger partial charge in [-0.2, -0.15) is 0 Å². The molecule has 0 aromatic heterocycles. The molecule has 1 N–H and O–H groups in total. The molecule has 0 bridgehead atoms. The molecule has 1 atom stereocenters. The Morgan fingerprint density at radius 3 is 2.59 bits per heavy atom. The summed E-state index contributed by atoms with van der Waals surface area (Å²) >= 11 is 0. The molecule has 17 heavy (non-hydrogen) atoms. The Morgan fingerprint density at radius 1 is 1.35 bits per heavy atom. The molecule has 1 saturated carbocycles. The number of nitrogens with one attached hydrogen (secondary N) is 1. The van der Waals surface area contributed by atoms with E-state index in [-0.39, 0.29) is 5.41 Å². The molecule has 0 aromatic carbocycles.